The van der Waals surface area contributed by atoms with Gasteiger partial charge in [0.05, 0.1) is 0 Å². The monoisotopic (exact) mass is 158 g/mol. The molecule has 0 aromatic heterocycles. The van der Waals surface area contributed by atoms with Crippen molar-refractivity contribution in [2.45, 2.75) is 25.1 Å². The van der Waals surface area contributed by atoms with E-state index >= 15 is 0 Å². The lowest BCUT2D eigenvalue weighted by Crippen LogP contribution is -2.16. The highest BCUT2D eigenvalue weighted by molar-refractivity contribution is 6.21. The van der Waals surface area contributed by atoms with E-state index in [0.717, 1.165) is 12.8 Å². The molecule has 0 saturated heterocycles. The third-order valence-corrected chi connectivity index (χ3v) is 3.61. The molecule has 10 heavy (non-hydrogen) atoms. The summed E-state index contributed by atoms with van der Waals surface area (Å²) in [6.45, 7) is 2.16. The molecular formula is C8H11ClO. The van der Waals surface area contributed by atoms with Crippen LogP contribution >= 0.6 is 11.6 Å². The van der Waals surface area contributed by atoms with Crippen LogP contribution in [-0.4, -0.2) is 11.2 Å². The number of ketones is 1. The maximum atomic E-state index is 11.1. The third-order valence-electron chi connectivity index (χ3n) is 3.10. The number of hydrogen-bond donors (Lipinski definition) is 0. The molecule has 56 valence electrons. The van der Waals surface area contributed by atoms with Gasteiger partial charge in [0, 0.05) is 17.7 Å². The molecule has 4 atom stereocenters. The fraction of sp³-hybridized carbons (Fsp3) is 0.875. The fourth-order valence-electron chi connectivity index (χ4n) is 2.38. The van der Waals surface area contributed by atoms with E-state index in [9.17, 15) is 4.79 Å². The van der Waals surface area contributed by atoms with E-state index in [1.165, 1.54) is 0 Å². The highest BCUT2D eigenvalue weighted by Gasteiger charge is 2.49. The summed E-state index contributed by atoms with van der Waals surface area (Å²) in [7, 11) is 0. The number of carbonyl (C=O) groups excluding carboxylic acids is 1. The van der Waals surface area contributed by atoms with E-state index < -0.39 is 0 Å². The Morgan fingerprint density at radius 3 is 2.60 bits per heavy atom. The Hall–Kier alpha value is -0.0400. The minimum absolute atomic E-state index is 0.290. The van der Waals surface area contributed by atoms with Gasteiger partial charge < -0.3 is 0 Å². The van der Waals surface area contributed by atoms with Gasteiger partial charge in [-0.15, -0.1) is 11.6 Å². The van der Waals surface area contributed by atoms with E-state index in [1.807, 2.05) is 0 Å². The molecule has 4 unspecified atom stereocenters. The van der Waals surface area contributed by atoms with Gasteiger partial charge in [0.2, 0.25) is 0 Å². The van der Waals surface area contributed by atoms with Crippen LogP contribution in [0.25, 0.3) is 0 Å². The van der Waals surface area contributed by atoms with Crippen LogP contribution < -0.4 is 0 Å². The first-order valence-corrected chi connectivity index (χ1v) is 4.30. The summed E-state index contributed by atoms with van der Waals surface area (Å²) in [5.74, 6) is 1.83. The van der Waals surface area contributed by atoms with Gasteiger partial charge in [0.15, 0.2) is 0 Å². The summed E-state index contributed by atoms with van der Waals surface area (Å²) in [5, 5.41) is 0.290. The Kier molecular flexibility index (Phi) is 1.31. The Labute approximate surface area is 65.7 Å². The van der Waals surface area contributed by atoms with Crippen LogP contribution in [0.2, 0.25) is 0 Å². The largest absolute Gasteiger partial charge is 0.299 e. The summed E-state index contributed by atoms with van der Waals surface area (Å²) >= 11 is 6.02. The molecule has 2 bridgehead atoms. The lowest BCUT2D eigenvalue weighted by atomic mass is 9.99. The summed E-state index contributed by atoms with van der Waals surface area (Å²) in [6.07, 6.45) is 1.69. The molecule has 2 aliphatic rings. The fourth-order valence-corrected chi connectivity index (χ4v) is 2.89. The van der Waals surface area contributed by atoms with E-state index in [1.54, 1.807) is 0 Å². The van der Waals surface area contributed by atoms with Crippen molar-refractivity contribution in [3.63, 3.8) is 0 Å². The first kappa shape index (κ1) is 6.66. The molecule has 2 aliphatic carbocycles. The van der Waals surface area contributed by atoms with Crippen molar-refractivity contribution in [1.82, 2.24) is 0 Å². The summed E-state index contributed by atoms with van der Waals surface area (Å²) in [6, 6.07) is 0. The molecule has 0 amide bonds. The minimum Gasteiger partial charge on any atom is -0.299 e. The van der Waals surface area contributed by atoms with Gasteiger partial charge in [-0.1, -0.05) is 6.92 Å². The van der Waals surface area contributed by atoms with Crippen molar-refractivity contribution in [1.29, 1.82) is 0 Å². The zero-order valence-electron chi connectivity index (χ0n) is 6.01. The van der Waals surface area contributed by atoms with Crippen molar-refractivity contribution in [3.05, 3.63) is 0 Å². The Balaban J connectivity index is 2.25. The zero-order valence-corrected chi connectivity index (χ0v) is 6.77. The molecule has 2 fully saturated rings. The van der Waals surface area contributed by atoms with Crippen molar-refractivity contribution >= 4 is 17.4 Å². The van der Waals surface area contributed by atoms with Crippen molar-refractivity contribution < 1.29 is 4.79 Å². The normalized spacial score (nSPS) is 52.4. The molecule has 0 N–H and O–H groups in total. The maximum absolute atomic E-state index is 11.1. The molecule has 0 aromatic rings. The molecule has 1 nitrogen and oxygen atoms in total. The predicted molar refractivity (Wildman–Crippen MR) is 40.0 cm³/mol. The third kappa shape index (κ3) is 0.672. The van der Waals surface area contributed by atoms with E-state index in [0.29, 0.717) is 23.5 Å². The highest BCUT2D eigenvalue weighted by atomic mass is 35.5. The Morgan fingerprint density at radius 2 is 2.30 bits per heavy atom. The number of halogens is 1. The average molecular weight is 159 g/mol. The molecular weight excluding hydrogens is 148 g/mol. The predicted octanol–water partition coefficient (Wildman–Crippen LogP) is 1.84. The molecule has 2 saturated carbocycles. The van der Waals surface area contributed by atoms with Crippen LogP contribution in [-0.2, 0) is 4.79 Å². The minimum atomic E-state index is 0.290. The molecule has 0 aliphatic heterocycles. The quantitative estimate of drug-likeness (QED) is 0.492. The second-order valence-corrected chi connectivity index (χ2v) is 4.11. The highest BCUT2D eigenvalue weighted by Crippen LogP contribution is 2.49. The molecule has 2 heteroatoms. The SMILES string of the molecule is CC1C2CC(Cl)C1CC2=O. The van der Waals surface area contributed by atoms with Crippen LogP contribution in [0.3, 0.4) is 0 Å². The number of fused-ring (bicyclic) bond motifs is 2. The number of alkyl halides is 1. The smallest absolute Gasteiger partial charge is 0.136 e. The van der Waals surface area contributed by atoms with Crippen molar-refractivity contribution in [3.8, 4) is 0 Å². The summed E-state index contributed by atoms with van der Waals surface area (Å²) < 4.78 is 0. The lowest BCUT2D eigenvalue weighted by molar-refractivity contribution is -0.121. The molecule has 0 spiro atoms. The zero-order chi connectivity index (χ0) is 7.30. The first-order valence-electron chi connectivity index (χ1n) is 3.87. The van der Waals surface area contributed by atoms with Crippen LogP contribution in [0.4, 0.5) is 0 Å². The Morgan fingerprint density at radius 1 is 1.60 bits per heavy atom. The van der Waals surface area contributed by atoms with E-state index in [4.69, 9.17) is 11.6 Å². The van der Waals surface area contributed by atoms with Gasteiger partial charge in [-0.2, -0.15) is 0 Å². The van der Waals surface area contributed by atoms with Crippen LogP contribution in [0.15, 0.2) is 0 Å². The summed E-state index contributed by atoms with van der Waals surface area (Å²) in [4.78, 5) is 11.1. The second kappa shape index (κ2) is 1.97. The van der Waals surface area contributed by atoms with Gasteiger partial charge in [-0.25, -0.2) is 0 Å². The van der Waals surface area contributed by atoms with Crippen LogP contribution in [0, 0.1) is 17.8 Å². The number of Topliss-reactive ketones (excluding diaryl/α,β-unsaturated/α-hetero) is 1. The molecule has 2 rings (SSSR count). The standard InChI is InChI=1S/C8H11ClO/c1-4-5-3-8(10)6(4)2-7(5)9/h4-7H,2-3H2,1H3. The second-order valence-electron chi connectivity index (χ2n) is 3.55. The molecule has 0 heterocycles. The number of hydrogen-bond acceptors (Lipinski definition) is 1. The number of rotatable bonds is 0. The van der Waals surface area contributed by atoms with Crippen LogP contribution in [0.5, 0.6) is 0 Å². The van der Waals surface area contributed by atoms with E-state index in [-0.39, 0.29) is 5.38 Å². The van der Waals surface area contributed by atoms with Gasteiger partial charge >= 0.3 is 0 Å². The summed E-state index contributed by atoms with van der Waals surface area (Å²) in [5.41, 5.74) is 0. The van der Waals surface area contributed by atoms with Gasteiger partial charge in [0.25, 0.3) is 0 Å². The maximum Gasteiger partial charge on any atom is 0.136 e. The number of carbonyl (C=O) groups is 1. The average Bonchev–Trinajstić information content (AvgIpc) is 2.26. The lowest BCUT2D eigenvalue weighted by Gasteiger charge is -2.13. The Bertz CT molecular complexity index is 178. The van der Waals surface area contributed by atoms with Crippen LogP contribution in [0.1, 0.15) is 19.8 Å². The topological polar surface area (TPSA) is 17.1 Å². The van der Waals surface area contributed by atoms with Gasteiger partial charge in [-0.3, -0.25) is 4.79 Å². The van der Waals surface area contributed by atoms with Crippen molar-refractivity contribution in [2.75, 3.05) is 0 Å². The van der Waals surface area contributed by atoms with E-state index in [2.05, 4.69) is 6.92 Å². The first-order chi connectivity index (χ1) is 4.70. The molecule has 0 aromatic carbocycles. The van der Waals surface area contributed by atoms with Crippen molar-refractivity contribution in [2.24, 2.45) is 17.8 Å². The van der Waals surface area contributed by atoms with Gasteiger partial charge in [-0.05, 0) is 18.3 Å². The van der Waals surface area contributed by atoms with Gasteiger partial charge in [0.1, 0.15) is 5.78 Å². The molecule has 0 radical (unpaired) electrons.